The molecule has 0 aliphatic carbocycles. The number of benzene rings is 1. The Labute approximate surface area is 142 Å². The van der Waals surface area contributed by atoms with Crippen molar-refractivity contribution in [1.29, 1.82) is 0 Å². The maximum absolute atomic E-state index is 11.8. The van der Waals surface area contributed by atoms with Crippen LogP contribution in [0.1, 0.15) is 12.7 Å². The van der Waals surface area contributed by atoms with Crippen molar-refractivity contribution in [2.45, 2.75) is 13.5 Å². The summed E-state index contributed by atoms with van der Waals surface area (Å²) in [5, 5.41) is 0. The van der Waals surface area contributed by atoms with Crippen LogP contribution in [-0.2, 0) is 11.3 Å². The van der Waals surface area contributed by atoms with Crippen LogP contribution < -0.4 is 4.74 Å². The van der Waals surface area contributed by atoms with Crippen LogP contribution in [0.2, 0.25) is 0 Å². The van der Waals surface area contributed by atoms with E-state index in [1.54, 1.807) is 13.1 Å². The van der Waals surface area contributed by atoms with Gasteiger partial charge in [0, 0.05) is 51.4 Å². The van der Waals surface area contributed by atoms with E-state index >= 15 is 0 Å². The fourth-order valence-electron chi connectivity index (χ4n) is 3.04. The Morgan fingerprint density at radius 2 is 2.12 bits per heavy atom. The highest BCUT2D eigenvalue weighted by Gasteiger charge is 2.25. The molecule has 6 nitrogen and oxygen atoms in total. The lowest BCUT2D eigenvalue weighted by Gasteiger charge is -2.23. The molecule has 0 radical (unpaired) electrons. The molecule has 1 unspecified atom stereocenters. The second-order valence-electron chi connectivity index (χ2n) is 6.23. The molecule has 1 atom stereocenters. The van der Waals surface area contributed by atoms with E-state index in [2.05, 4.69) is 14.9 Å². The topological polar surface area (TPSA) is 61.5 Å². The first-order valence-corrected chi connectivity index (χ1v) is 8.34. The van der Waals surface area contributed by atoms with Crippen LogP contribution in [0.25, 0.3) is 0 Å². The highest BCUT2D eigenvalue weighted by atomic mass is 16.5. The van der Waals surface area contributed by atoms with E-state index in [-0.39, 0.29) is 11.8 Å². The SMILES string of the molecule is CC(=O)N1CCN(Cc2ncc[nH]2)CC(COc2ccccc2)C1. The van der Waals surface area contributed by atoms with Crippen molar-refractivity contribution >= 4 is 5.91 Å². The average Bonchev–Trinajstić information content (AvgIpc) is 3.00. The van der Waals surface area contributed by atoms with Gasteiger partial charge in [-0.05, 0) is 12.1 Å². The molecule has 1 aliphatic heterocycles. The Balaban J connectivity index is 1.63. The molecular formula is C18H24N4O2. The number of nitrogens with one attached hydrogen (secondary N) is 1. The summed E-state index contributed by atoms with van der Waals surface area (Å²) in [7, 11) is 0. The lowest BCUT2D eigenvalue weighted by atomic mass is 10.1. The number of para-hydroxylation sites is 1. The number of aromatic nitrogens is 2. The maximum Gasteiger partial charge on any atom is 0.219 e. The van der Waals surface area contributed by atoms with Crippen molar-refractivity contribution in [2.75, 3.05) is 32.8 Å². The fourth-order valence-corrected chi connectivity index (χ4v) is 3.04. The first-order valence-electron chi connectivity index (χ1n) is 8.34. The lowest BCUT2D eigenvalue weighted by Crippen LogP contribution is -2.35. The predicted octanol–water partition coefficient (Wildman–Crippen LogP) is 1.77. The largest absolute Gasteiger partial charge is 0.493 e. The number of nitrogens with zero attached hydrogens (tertiary/aromatic N) is 3. The van der Waals surface area contributed by atoms with E-state index in [0.29, 0.717) is 6.61 Å². The number of carbonyl (C=O) groups is 1. The molecule has 6 heteroatoms. The van der Waals surface area contributed by atoms with Crippen LogP contribution in [0, 0.1) is 5.92 Å². The molecule has 2 heterocycles. The third-order valence-electron chi connectivity index (χ3n) is 4.28. The Morgan fingerprint density at radius 3 is 2.83 bits per heavy atom. The molecule has 1 aliphatic rings. The third kappa shape index (κ3) is 4.58. The van der Waals surface area contributed by atoms with Crippen molar-refractivity contribution < 1.29 is 9.53 Å². The standard InChI is InChI=1S/C18H24N4O2/c1-15(23)22-10-9-21(13-18-19-7-8-20-18)11-16(12-22)14-24-17-5-3-2-4-6-17/h2-8,16H,9-14H2,1H3,(H,19,20). The normalized spacial score (nSPS) is 19.0. The molecule has 0 spiro atoms. The zero-order chi connectivity index (χ0) is 16.8. The number of H-pyrrole nitrogens is 1. The molecule has 1 aromatic heterocycles. The quantitative estimate of drug-likeness (QED) is 0.909. The van der Waals surface area contributed by atoms with Crippen LogP contribution in [0.5, 0.6) is 5.75 Å². The fraction of sp³-hybridized carbons (Fsp3) is 0.444. The molecule has 0 bridgehead atoms. The summed E-state index contributed by atoms with van der Waals surface area (Å²) in [6.07, 6.45) is 3.61. The Hall–Kier alpha value is -2.34. The predicted molar refractivity (Wildman–Crippen MR) is 91.5 cm³/mol. The summed E-state index contributed by atoms with van der Waals surface area (Å²) in [6.45, 7) is 6.22. The van der Waals surface area contributed by atoms with Gasteiger partial charge in [0.05, 0.1) is 13.2 Å². The zero-order valence-corrected chi connectivity index (χ0v) is 14.0. The number of ether oxygens (including phenoxy) is 1. The van der Waals surface area contributed by atoms with E-state index in [4.69, 9.17) is 4.74 Å². The van der Waals surface area contributed by atoms with Gasteiger partial charge < -0.3 is 14.6 Å². The number of hydrogen-bond donors (Lipinski definition) is 1. The van der Waals surface area contributed by atoms with Gasteiger partial charge in [0.1, 0.15) is 11.6 Å². The van der Waals surface area contributed by atoms with E-state index < -0.39 is 0 Å². The molecule has 0 saturated carbocycles. The van der Waals surface area contributed by atoms with Crippen molar-refractivity contribution in [3.63, 3.8) is 0 Å². The number of aromatic amines is 1. The van der Waals surface area contributed by atoms with E-state index in [9.17, 15) is 4.79 Å². The van der Waals surface area contributed by atoms with Crippen molar-refractivity contribution in [3.05, 3.63) is 48.5 Å². The number of hydrogen-bond acceptors (Lipinski definition) is 4. The molecule has 1 amide bonds. The molecule has 1 N–H and O–H groups in total. The first kappa shape index (κ1) is 16.5. The van der Waals surface area contributed by atoms with Crippen LogP contribution >= 0.6 is 0 Å². The molecule has 24 heavy (non-hydrogen) atoms. The summed E-state index contributed by atoms with van der Waals surface area (Å²) in [5.41, 5.74) is 0. The summed E-state index contributed by atoms with van der Waals surface area (Å²) in [4.78, 5) is 23.5. The van der Waals surface area contributed by atoms with Crippen LogP contribution in [-0.4, -0.2) is 58.5 Å². The molecule has 1 aromatic carbocycles. The van der Waals surface area contributed by atoms with Gasteiger partial charge in [0.15, 0.2) is 0 Å². The van der Waals surface area contributed by atoms with Gasteiger partial charge in [-0.1, -0.05) is 18.2 Å². The van der Waals surface area contributed by atoms with Crippen molar-refractivity contribution in [2.24, 2.45) is 5.92 Å². The molecule has 1 saturated heterocycles. The van der Waals surface area contributed by atoms with Gasteiger partial charge in [-0.25, -0.2) is 4.98 Å². The maximum atomic E-state index is 11.8. The van der Waals surface area contributed by atoms with Crippen LogP contribution in [0.4, 0.5) is 0 Å². The van der Waals surface area contributed by atoms with Gasteiger partial charge in [-0.3, -0.25) is 9.69 Å². The van der Waals surface area contributed by atoms with Gasteiger partial charge in [-0.2, -0.15) is 0 Å². The van der Waals surface area contributed by atoms with Gasteiger partial charge in [-0.15, -0.1) is 0 Å². The third-order valence-corrected chi connectivity index (χ3v) is 4.28. The van der Waals surface area contributed by atoms with Gasteiger partial charge >= 0.3 is 0 Å². The monoisotopic (exact) mass is 328 g/mol. The summed E-state index contributed by atoms with van der Waals surface area (Å²) in [6, 6.07) is 9.82. The molecule has 128 valence electrons. The number of rotatable bonds is 5. The smallest absolute Gasteiger partial charge is 0.219 e. The van der Waals surface area contributed by atoms with E-state index in [1.807, 2.05) is 41.4 Å². The zero-order valence-electron chi connectivity index (χ0n) is 14.0. The van der Waals surface area contributed by atoms with Crippen molar-refractivity contribution in [3.8, 4) is 5.75 Å². The molecule has 3 rings (SSSR count). The summed E-state index contributed by atoms with van der Waals surface area (Å²) in [5.74, 6) is 2.22. The first-order chi connectivity index (χ1) is 11.7. The number of amides is 1. The Morgan fingerprint density at radius 1 is 1.29 bits per heavy atom. The van der Waals surface area contributed by atoms with Gasteiger partial charge in [0.2, 0.25) is 5.91 Å². The summed E-state index contributed by atoms with van der Waals surface area (Å²) < 4.78 is 5.92. The van der Waals surface area contributed by atoms with E-state index in [1.165, 1.54) is 0 Å². The Bertz CT molecular complexity index is 630. The van der Waals surface area contributed by atoms with Crippen LogP contribution in [0.15, 0.2) is 42.7 Å². The van der Waals surface area contributed by atoms with Crippen LogP contribution in [0.3, 0.4) is 0 Å². The average molecular weight is 328 g/mol. The molecular weight excluding hydrogens is 304 g/mol. The highest BCUT2D eigenvalue weighted by molar-refractivity contribution is 5.73. The minimum atomic E-state index is 0.125. The molecule has 2 aromatic rings. The minimum Gasteiger partial charge on any atom is -0.493 e. The highest BCUT2D eigenvalue weighted by Crippen LogP contribution is 2.15. The van der Waals surface area contributed by atoms with E-state index in [0.717, 1.165) is 44.3 Å². The van der Waals surface area contributed by atoms with Crippen molar-refractivity contribution in [1.82, 2.24) is 19.8 Å². The molecule has 1 fully saturated rings. The lowest BCUT2D eigenvalue weighted by molar-refractivity contribution is -0.129. The van der Waals surface area contributed by atoms with Gasteiger partial charge in [0.25, 0.3) is 0 Å². The Kier molecular flexibility index (Phi) is 5.48. The second-order valence-corrected chi connectivity index (χ2v) is 6.23. The number of carbonyl (C=O) groups excluding carboxylic acids is 1. The minimum absolute atomic E-state index is 0.125. The second kappa shape index (κ2) is 7.97. The number of imidazole rings is 1. The summed E-state index contributed by atoms with van der Waals surface area (Å²) >= 11 is 0.